The van der Waals surface area contributed by atoms with Gasteiger partial charge >= 0.3 is 0 Å². The summed E-state index contributed by atoms with van der Waals surface area (Å²) < 4.78 is 0. The molecule has 1 aromatic rings. The van der Waals surface area contributed by atoms with Gasteiger partial charge in [-0.05, 0) is 25.0 Å². The van der Waals surface area contributed by atoms with Crippen molar-refractivity contribution in [3.8, 4) is 0 Å². The van der Waals surface area contributed by atoms with Crippen molar-refractivity contribution in [3.05, 3.63) is 30.1 Å². The molecule has 108 valence electrons. The topological polar surface area (TPSA) is 62.3 Å². The van der Waals surface area contributed by atoms with Gasteiger partial charge < -0.3 is 10.2 Å². The third kappa shape index (κ3) is 3.84. The Labute approximate surface area is 127 Å². The number of nitrogens with one attached hydrogen (secondary N) is 1. The Kier molecular flexibility index (Phi) is 5.20. The second-order valence-electron chi connectivity index (χ2n) is 4.61. The van der Waals surface area contributed by atoms with E-state index in [0.717, 1.165) is 0 Å². The number of nitrogens with zero attached hydrogens (tertiary/aromatic N) is 2. The number of likely N-dealkylation sites (tertiary alicyclic amines) is 1. The summed E-state index contributed by atoms with van der Waals surface area (Å²) in [6.45, 7) is 1.10. The van der Waals surface area contributed by atoms with Gasteiger partial charge in [-0.15, -0.1) is 0 Å². The Hall–Kier alpha value is -1.33. The molecule has 0 aliphatic carbocycles. The second-order valence-corrected chi connectivity index (χ2v) is 5.71. The Bertz CT molecular complexity index is 474. The Morgan fingerprint density at radius 3 is 2.40 bits per heavy atom. The van der Waals surface area contributed by atoms with Crippen LogP contribution in [0, 0.1) is 0 Å². The van der Waals surface area contributed by atoms with Gasteiger partial charge in [-0.2, -0.15) is 0 Å². The van der Waals surface area contributed by atoms with Crippen LogP contribution >= 0.6 is 23.2 Å². The molecule has 1 fully saturated rings. The summed E-state index contributed by atoms with van der Waals surface area (Å²) >= 11 is 11.1. The van der Waals surface area contributed by atoms with E-state index in [0.29, 0.717) is 31.5 Å². The molecule has 1 saturated heterocycles. The molecule has 1 aliphatic heterocycles. The molecule has 0 aromatic carbocycles. The highest BCUT2D eigenvalue weighted by molar-refractivity contribution is 6.53. The molecule has 0 bridgehead atoms. The number of pyridine rings is 1. The summed E-state index contributed by atoms with van der Waals surface area (Å²) in [5.74, 6) is -0.392. The second kappa shape index (κ2) is 6.90. The number of halogens is 2. The van der Waals surface area contributed by atoms with E-state index < -0.39 is 4.84 Å². The molecule has 7 heteroatoms. The molecule has 0 radical (unpaired) electrons. The van der Waals surface area contributed by atoms with Crippen molar-refractivity contribution in [1.29, 1.82) is 0 Å². The predicted octanol–water partition coefficient (Wildman–Crippen LogP) is 1.61. The third-order valence-corrected chi connectivity index (χ3v) is 3.64. The van der Waals surface area contributed by atoms with E-state index in [-0.39, 0.29) is 17.9 Å². The number of carbonyl (C=O) groups excluding carboxylic acids is 2. The molecule has 0 spiro atoms. The maximum absolute atomic E-state index is 12.0. The van der Waals surface area contributed by atoms with Crippen molar-refractivity contribution in [2.45, 2.75) is 23.7 Å². The van der Waals surface area contributed by atoms with Crippen LogP contribution in [0.15, 0.2) is 24.5 Å². The minimum Gasteiger partial charge on any atom is -0.349 e. The SMILES string of the molecule is O=C(NC1CCN(C(=O)C(Cl)Cl)CC1)c1ccncc1. The number of aromatic nitrogens is 1. The first kappa shape index (κ1) is 15.1. The fraction of sp³-hybridized carbons (Fsp3) is 0.462. The van der Waals surface area contributed by atoms with Crippen LogP contribution in [0.1, 0.15) is 23.2 Å². The minimum absolute atomic E-state index is 0.0591. The van der Waals surface area contributed by atoms with E-state index in [2.05, 4.69) is 10.3 Å². The highest BCUT2D eigenvalue weighted by Gasteiger charge is 2.26. The highest BCUT2D eigenvalue weighted by Crippen LogP contribution is 2.15. The monoisotopic (exact) mass is 315 g/mol. The number of hydrogen-bond acceptors (Lipinski definition) is 3. The molecule has 2 rings (SSSR count). The molecule has 0 unspecified atom stereocenters. The zero-order valence-corrected chi connectivity index (χ0v) is 12.3. The number of carbonyl (C=O) groups is 2. The van der Waals surface area contributed by atoms with Gasteiger partial charge in [0, 0.05) is 37.1 Å². The number of alkyl halides is 2. The fourth-order valence-electron chi connectivity index (χ4n) is 2.15. The van der Waals surface area contributed by atoms with Crippen LogP contribution < -0.4 is 5.32 Å². The van der Waals surface area contributed by atoms with Gasteiger partial charge in [0.25, 0.3) is 11.8 Å². The van der Waals surface area contributed by atoms with E-state index in [9.17, 15) is 9.59 Å². The summed E-state index contributed by atoms with van der Waals surface area (Å²) in [4.78, 5) is 28.1. The van der Waals surface area contributed by atoms with Crippen molar-refractivity contribution in [1.82, 2.24) is 15.2 Å². The molecule has 1 aliphatic rings. The van der Waals surface area contributed by atoms with Crippen molar-refractivity contribution in [2.24, 2.45) is 0 Å². The lowest BCUT2D eigenvalue weighted by Gasteiger charge is -2.32. The van der Waals surface area contributed by atoms with Gasteiger partial charge in [0.1, 0.15) is 0 Å². The van der Waals surface area contributed by atoms with Crippen LogP contribution in [0.3, 0.4) is 0 Å². The quantitative estimate of drug-likeness (QED) is 0.862. The molecule has 5 nitrogen and oxygen atoms in total. The standard InChI is InChI=1S/C13H15Cl2N3O2/c14-11(15)13(20)18-7-3-10(4-8-18)17-12(19)9-1-5-16-6-2-9/h1-2,5-6,10-11H,3-4,7-8H2,(H,17,19). The van der Waals surface area contributed by atoms with Gasteiger partial charge in [-0.1, -0.05) is 23.2 Å². The lowest BCUT2D eigenvalue weighted by atomic mass is 10.0. The van der Waals surface area contributed by atoms with Crippen LogP contribution in [0.2, 0.25) is 0 Å². The van der Waals surface area contributed by atoms with E-state index >= 15 is 0 Å². The number of piperidine rings is 1. The molecular weight excluding hydrogens is 301 g/mol. The predicted molar refractivity (Wildman–Crippen MR) is 76.8 cm³/mol. The van der Waals surface area contributed by atoms with E-state index in [1.807, 2.05) is 0 Å². The molecule has 20 heavy (non-hydrogen) atoms. The number of rotatable bonds is 3. The molecule has 1 N–H and O–H groups in total. The zero-order valence-electron chi connectivity index (χ0n) is 10.8. The zero-order chi connectivity index (χ0) is 14.5. The Morgan fingerprint density at radius 2 is 1.85 bits per heavy atom. The molecule has 2 heterocycles. The number of amides is 2. The number of hydrogen-bond donors (Lipinski definition) is 1. The fourth-order valence-corrected chi connectivity index (χ4v) is 2.43. The molecule has 0 atom stereocenters. The van der Waals surface area contributed by atoms with Crippen LogP contribution in [0.25, 0.3) is 0 Å². The first-order valence-electron chi connectivity index (χ1n) is 6.36. The highest BCUT2D eigenvalue weighted by atomic mass is 35.5. The molecule has 0 saturated carbocycles. The Balaban J connectivity index is 1.83. The summed E-state index contributed by atoms with van der Waals surface area (Å²) in [6, 6.07) is 3.39. The lowest BCUT2D eigenvalue weighted by Crippen LogP contribution is -2.47. The summed E-state index contributed by atoms with van der Waals surface area (Å²) in [5, 5.41) is 2.95. The van der Waals surface area contributed by atoms with Gasteiger partial charge in [0.05, 0.1) is 0 Å². The first-order valence-corrected chi connectivity index (χ1v) is 7.23. The normalized spacial score (nSPS) is 16.2. The minimum atomic E-state index is -1.02. The third-order valence-electron chi connectivity index (χ3n) is 3.27. The van der Waals surface area contributed by atoms with Gasteiger partial charge in [-0.25, -0.2) is 0 Å². The summed E-state index contributed by atoms with van der Waals surface area (Å²) in [5.41, 5.74) is 0.583. The van der Waals surface area contributed by atoms with Crippen molar-refractivity contribution >= 4 is 35.0 Å². The van der Waals surface area contributed by atoms with E-state index in [1.54, 1.807) is 29.4 Å². The maximum atomic E-state index is 12.0. The van der Waals surface area contributed by atoms with Gasteiger partial charge in [-0.3, -0.25) is 14.6 Å². The molecular formula is C13H15Cl2N3O2. The lowest BCUT2D eigenvalue weighted by molar-refractivity contribution is -0.130. The van der Waals surface area contributed by atoms with Crippen molar-refractivity contribution in [2.75, 3.05) is 13.1 Å². The summed E-state index contributed by atoms with van der Waals surface area (Å²) in [6.07, 6.45) is 4.56. The smallest absolute Gasteiger partial charge is 0.255 e. The van der Waals surface area contributed by atoms with E-state index in [4.69, 9.17) is 23.2 Å². The van der Waals surface area contributed by atoms with Crippen LogP contribution in [-0.4, -0.2) is 45.7 Å². The van der Waals surface area contributed by atoms with Crippen molar-refractivity contribution < 1.29 is 9.59 Å². The average molecular weight is 316 g/mol. The van der Waals surface area contributed by atoms with Crippen molar-refractivity contribution in [3.63, 3.8) is 0 Å². The maximum Gasteiger partial charge on any atom is 0.255 e. The molecule has 1 aromatic heterocycles. The van der Waals surface area contributed by atoms with Gasteiger partial charge in [0.2, 0.25) is 0 Å². The van der Waals surface area contributed by atoms with Crippen LogP contribution in [0.4, 0.5) is 0 Å². The average Bonchev–Trinajstić information content (AvgIpc) is 2.48. The van der Waals surface area contributed by atoms with Gasteiger partial charge in [0.15, 0.2) is 4.84 Å². The van der Waals surface area contributed by atoms with Crippen LogP contribution in [-0.2, 0) is 4.79 Å². The Morgan fingerprint density at radius 1 is 1.25 bits per heavy atom. The molecule has 2 amide bonds. The largest absolute Gasteiger partial charge is 0.349 e. The van der Waals surface area contributed by atoms with E-state index in [1.165, 1.54) is 0 Å². The first-order chi connectivity index (χ1) is 9.58. The summed E-state index contributed by atoms with van der Waals surface area (Å²) in [7, 11) is 0. The van der Waals surface area contributed by atoms with Crippen LogP contribution in [0.5, 0.6) is 0 Å².